The Morgan fingerprint density at radius 2 is 1.90 bits per heavy atom. The van der Waals surface area contributed by atoms with Gasteiger partial charge in [0, 0.05) is 24.0 Å². The number of nitrogens with one attached hydrogen (secondary N) is 1. The molecule has 1 heterocycles. The maximum atomic E-state index is 12.2. The molecule has 0 fully saturated rings. The lowest BCUT2D eigenvalue weighted by Crippen LogP contribution is -2.13. The summed E-state index contributed by atoms with van der Waals surface area (Å²) in [7, 11) is 3.00. The summed E-state index contributed by atoms with van der Waals surface area (Å²) in [5.41, 5.74) is 1.78. The van der Waals surface area contributed by atoms with Crippen molar-refractivity contribution < 1.29 is 14.3 Å². The summed E-state index contributed by atoms with van der Waals surface area (Å²) in [6.07, 6.45) is 1.52. The van der Waals surface area contributed by atoms with Gasteiger partial charge in [0.15, 0.2) is 0 Å². The van der Waals surface area contributed by atoms with Crippen LogP contribution in [0.25, 0.3) is 0 Å². The van der Waals surface area contributed by atoms with E-state index in [9.17, 15) is 4.79 Å². The number of carbonyl (C=O) groups is 1. The van der Waals surface area contributed by atoms with E-state index < -0.39 is 0 Å². The molecule has 6 heteroatoms. The molecule has 0 saturated heterocycles. The Morgan fingerprint density at radius 1 is 1.19 bits per heavy atom. The number of aryl methyl sites for hydroxylation is 1. The minimum atomic E-state index is -0.287. The fraction of sp³-hybridized carbons (Fsp3) is 0.200. The second-order valence-electron chi connectivity index (χ2n) is 4.33. The van der Waals surface area contributed by atoms with E-state index in [4.69, 9.17) is 21.1 Å². The zero-order valence-corrected chi connectivity index (χ0v) is 12.7. The highest BCUT2D eigenvalue weighted by molar-refractivity contribution is 6.32. The van der Waals surface area contributed by atoms with Gasteiger partial charge in [-0.25, -0.2) is 0 Å². The van der Waals surface area contributed by atoms with Crippen molar-refractivity contribution in [2.24, 2.45) is 0 Å². The van der Waals surface area contributed by atoms with Crippen LogP contribution in [-0.2, 0) is 0 Å². The van der Waals surface area contributed by atoms with Crippen LogP contribution in [0.3, 0.4) is 0 Å². The largest absolute Gasteiger partial charge is 0.495 e. The highest BCUT2D eigenvalue weighted by Gasteiger charge is 2.13. The molecule has 1 aromatic heterocycles. The highest BCUT2D eigenvalue weighted by Crippen LogP contribution is 2.36. The zero-order chi connectivity index (χ0) is 15.4. The number of hydrogen-bond donors (Lipinski definition) is 1. The van der Waals surface area contributed by atoms with Crippen LogP contribution in [0.5, 0.6) is 11.5 Å². The molecule has 0 aliphatic carbocycles. The van der Waals surface area contributed by atoms with E-state index >= 15 is 0 Å². The number of nitrogens with zero attached hydrogens (tertiary/aromatic N) is 1. The van der Waals surface area contributed by atoms with Gasteiger partial charge >= 0.3 is 0 Å². The summed E-state index contributed by atoms with van der Waals surface area (Å²) in [5, 5.41) is 3.16. The van der Waals surface area contributed by atoms with Crippen molar-refractivity contribution >= 4 is 23.2 Å². The highest BCUT2D eigenvalue weighted by atomic mass is 35.5. The van der Waals surface area contributed by atoms with Crippen LogP contribution in [-0.4, -0.2) is 25.1 Å². The number of ether oxygens (including phenoxy) is 2. The van der Waals surface area contributed by atoms with Crippen LogP contribution in [0.4, 0.5) is 5.69 Å². The molecule has 110 valence electrons. The minimum absolute atomic E-state index is 0.287. The van der Waals surface area contributed by atoms with Crippen molar-refractivity contribution in [3.63, 3.8) is 0 Å². The van der Waals surface area contributed by atoms with Crippen molar-refractivity contribution in [1.29, 1.82) is 0 Å². The van der Waals surface area contributed by atoms with Crippen molar-refractivity contribution in [2.75, 3.05) is 19.5 Å². The first-order chi connectivity index (χ1) is 10.0. The molecule has 0 spiro atoms. The third-order valence-electron chi connectivity index (χ3n) is 2.90. The molecule has 2 aromatic rings. The summed E-state index contributed by atoms with van der Waals surface area (Å²) >= 11 is 6.02. The van der Waals surface area contributed by atoms with E-state index in [0.717, 1.165) is 5.69 Å². The van der Waals surface area contributed by atoms with Crippen LogP contribution in [0.15, 0.2) is 30.5 Å². The van der Waals surface area contributed by atoms with Crippen molar-refractivity contribution in [1.82, 2.24) is 4.98 Å². The molecule has 0 radical (unpaired) electrons. The third-order valence-corrected chi connectivity index (χ3v) is 3.19. The summed E-state index contributed by atoms with van der Waals surface area (Å²) < 4.78 is 10.3. The van der Waals surface area contributed by atoms with E-state index in [1.807, 2.05) is 6.92 Å². The van der Waals surface area contributed by atoms with Gasteiger partial charge in [-0.05, 0) is 19.1 Å². The van der Waals surface area contributed by atoms with Crippen molar-refractivity contribution in [2.45, 2.75) is 6.92 Å². The van der Waals surface area contributed by atoms with Crippen molar-refractivity contribution in [3.05, 3.63) is 46.7 Å². The molecule has 1 aromatic carbocycles. The standard InChI is InChI=1S/C15H15ClN2O3/c1-9-4-5-10(8-17-9)15(19)18-12-7-13(20-2)11(16)6-14(12)21-3/h4-8H,1-3H3,(H,18,19). The zero-order valence-electron chi connectivity index (χ0n) is 11.9. The van der Waals surface area contributed by atoms with Gasteiger partial charge in [-0.3, -0.25) is 9.78 Å². The predicted molar refractivity (Wildman–Crippen MR) is 81.5 cm³/mol. The molecule has 1 amide bonds. The molecule has 0 aliphatic heterocycles. The first-order valence-electron chi connectivity index (χ1n) is 6.20. The molecule has 0 bridgehead atoms. The summed E-state index contributed by atoms with van der Waals surface area (Å²) in [6.45, 7) is 1.86. The summed E-state index contributed by atoms with van der Waals surface area (Å²) in [4.78, 5) is 16.3. The Labute approximate surface area is 127 Å². The van der Waals surface area contributed by atoms with Gasteiger partial charge in [-0.2, -0.15) is 0 Å². The predicted octanol–water partition coefficient (Wildman–Crippen LogP) is 3.31. The molecular formula is C15H15ClN2O3. The first kappa shape index (κ1) is 15.1. The van der Waals surface area contributed by atoms with E-state index in [2.05, 4.69) is 10.3 Å². The molecule has 0 aliphatic rings. The SMILES string of the molecule is COc1cc(NC(=O)c2ccc(C)nc2)c(OC)cc1Cl. The minimum Gasteiger partial charge on any atom is -0.495 e. The molecule has 0 atom stereocenters. The number of rotatable bonds is 4. The van der Waals surface area contributed by atoms with E-state index in [1.165, 1.54) is 20.4 Å². The Bertz CT molecular complexity index is 657. The number of carbonyl (C=O) groups excluding carboxylic acids is 1. The van der Waals surface area contributed by atoms with Gasteiger partial charge in [0.2, 0.25) is 0 Å². The Balaban J connectivity index is 2.29. The number of halogens is 1. The molecular weight excluding hydrogens is 292 g/mol. The van der Waals surface area contributed by atoms with Crippen LogP contribution in [0.2, 0.25) is 5.02 Å². The maximum Gasteiger partial charge on any atom is 0.257 e. The lowest BCUT2D eigenvalue weighted by atomic mass is 10.2. The van der Waals surface area contributed by atoms with Gasteiger partial charge in [0.1, 0.15) is 11.5 Å². The second-order valence-corrected chi connectivity index (χ2v) is 4.74. The van der Waals surface area contributed by atoms with Crippen LogP contribution >= 0.6 is 11.6 Å². The molecule has 1 N–H and O–H groups in total. The number of pyridine rings is 1. The molecule has 2 rings (SSSR count). The average molecular weight is 307 g/mol. The second kappa shape index (κ2) is 6.45. The van der Waals surface area contributed by atoms with Gasteiger partial charge in [-0.15, -0.1) is 0 Å². The fourth-order valence-electron chi connectivity index (χ4n) is 1.75. The van der Waals surface area contributed by atoms with Gasteiger partial charge in [-0.1, -0.05) is 11.6 Å². The van der Waals surface area contributed by atoms with Gasteiger partial charge in [0.05, 0.1) is 30.5 Å². The number of benzene rings is 1. The van der Waals surface area contributed by atoms with Crippen molar-refractivity contribution in [3.8, 4) is 11.5 Å². The fourth-order valence-corrected chi connectivity index (χ4v) is 1.99. The monoisotopic (exact) mass is 306 g/mol. The Hall–Kier alpha value is -2.27. The normalized spacial score (nSPS) is 10.1. The molecule has 21 heavy (non-hydrogen) atoms. The van der Waals surface area contributed by atoms with Gasteiger partial charge in [0.25, 0.3) is 5.91 Å². The van der Waals surface area contributed by atoms with Gasteiger partial charge < -0.3 is 14.8 Å². The van der Waals surface area contributed by atoms with Crippen LogP contribution in [0.1, 0.15) is 16.1 Å². The Morgan fingerprint density at radius 3 is 2.48 bits per heavy atom. The van der Waals surface area contributed by atoms with Crippen LogP contribution < -0.4 is 14.8 Å². The molecule has 5 nitrogen and oxygen atoms in total. The van der Waals surface area contributed by atoms with Crippen LogP contribution in [0, 0.1) is 6.92 Å². The number of methoxy groups -OCH3 is 2. The number of aromatic nitrogens is 1. The maximum absolute atomic E-state index is 12.2. The average Bonchev–Trinajstić information content (AvgIpc) is 2.49. The van der Waals surface area contributed by atoms with E-state index in [1.54, 1.807) is 24.3 Å². The lowest BCUT2D eigenvalue weighted by Gasteiger charge is -2.13. The number of hydrogen-bond acceptors (Lipinski definition) is 4. The summed E-state index contributed by atoms with van der Waals surface area (Å²) in [6, 6.07) is 6.68. The lowest BCUT2D eigenvalue weighted by molar-refractivity contribution is 0.102. The topological polar surface area (TPSA) is 60.5 Å². The molecule has 0 saturated carbocycles. The third kappa shape index (κ3) is 3.44. The molecule has 0 unspecified atom stereocenters. The van der Waals surface area contributed by atoms with E-state index in [0.29, 0.717) is 27.8 Å². The number of anilines is 1. The van der Waals surface area contributed by atoms with E-state index in [-0.39, 0.29) is 5.91 Å². The summed E-state index contributed by atoms with van der Waals surface area (Å²) in [5.74, 6) is 0.620. The smallest absolute Gasteiger partial charge is 0.257 e. The first-order valence-corrected chi connectivity index (χ1v) is 6.58. The number of amides is 1. The Kier molecular flexibility index (Phi) is 4.65. The quantitative estimate of drug-likeness (QED) is 0.941.